The summed E-state index contributed by atoms with van der Waals surface area (Å²) in [7, 11) is 0. The zero-order valence-electron chi connectivity index (χ0n) is 17.0. The minimum atomic E-state index is -0.0685. The second kappa shape index (κ2) is 11.3. The Kier molecular flexibility index (Phi) is 8.45. The molecule has 2 aliphatic rings. The number of nitrogens with one attached hydrogen (secondary N) is 2. The lowest BCUT2D eigenvalue weighted by Gasteiger charge is -2.33. The third-order valence-corrected chi connectivity index (χ3v) is 6.34. The molecule has 1 aliphatic heterocycles. The van der Waals surface area contributed by atoms with Crippen LogP contribution in [0.15, 0.2) is 22.5 Å². The molecular weight excluding hydrogens is 372 g/mol. The predicted molar refractivity (Wildman–Crippen MR) is 116 cm³/mol. The minimum absolute atomic E-state index is 0.0685. The molecule has 1 saturated heterocycles. The fourth-order valence-electron chi connectivity index (χ4n) is 3.87. The largest absolute Gasteiger partial charge is 0.462 e. The second-order valence-corrected chi connectivity index (χ2v) is 8.54. The molecule has 0 amide bonds. The molecule has 2 fully saturated rings. The average Bonchev–Trinajstić information content (AvgIpc) is 3.40. The van der Waals surface area contributed by atoms with Crippen LogP contribution in [0.1, 0.15) is 58.3 Å². The van der Waals surface area contributed by atoms with Crippen molar-refractivity contribution in [1.82, 2.24) is 10.6 Å². The first kappa shape index (κ1) is 21.0. The number of hydrogen-bond donors (Lipinski definition) is 2. The molecule has 0 spiro atoms. The zero-order valence-corrected chi connectivity index (χ0v) is 17.8. The van der Waals surface area contributed by atoms with E-state index < -0.39 is 0 Å². The van der Waals surface area contributed by atoms with E-state index in [-0.39, 0.29) is 12.1 Å². The number of rotatable bonds is 8. The van der Waals surface area contributed by atoms with Gasteiger partial charge in [0, 0.05) is 38.6 Å². The van der Waals surface area contributed by atoms with E-state index in [1.165, 1.54) is 17.8 Å². The van der Waals surface area contributed by atoms with Crippen LogP contribution >= 0.6 is 11.3 Å². The highest BCUT2D eigenvalue weighted by Gasteiger charge is 2.21. The SMILES string of the molecule is CCNC(=NCCCC(=O)OC1CCCC1)NC1CCN(c2cccs2)CC1. The van der Waals surface area contributed by atoms with E-state index in [0.29, 0.717) is 19.0 Å². The van der Waals surface area contributed by atoms with Gasteiger partial charge < -0.3 is 20.3 Å². The van der Waals surface area contributed by atoms with Crippen molar-refractivity contribution in [3.63, 3.8) is 0 Å². The quantitative estimate of drug-likeness (QED) is 0.299. The first-order valence-electron chi connectivity index (χ1n) is 10.8. The van der Waals surface area contributed by atoms with E-state index in [2.05, 4.69) is 45.0 Å². The monoisotopic (exact) mass is 406 g/mol. The number of guanidine groups is 1. The van der Waals surface area contributed by atoms with Gasteiger partial charge in [0.25, 0.3) is 0 Å². The summed E-state index contributed by atoms with van der Waals surface area (Å²) in [6, 6.07) is 4.76. The molecule has 6 nitrogen and oxygen atoms in total. The third-order valence-electron chi connectivity index (χ3n) is 5.41. The van der Waals surface area contributed by atoms with E-state index >= 15 is 0 Å². The Hall–Kier alpha value is -1.76. The van der Waals surface area contributed by atoms with E-state index in [9.17, 15) is 4.79 Å². The summed E-state index contributed by atoms with van der Waals surface area (Å²) < 4.78 is 5.51. The van der Waals surface area contributed by atoms with Gasteiger partial charge in [-0.15, -0.1) is 11.3 Å². The lowest BCUT2D eigenvalue weighted by Crippen LogP contribution is -2.48. The normalized spacial score (nSPS) is 19.0. The number of hydrogen-bond acceptors (Lipinski definition) is 5. The minimum Gasteiger partial charge on any atom is -0.462 e. The van der Waals surface area contributed by atoms with Crippen molar-refractivity contribution >= 4 is 28.3 Å². The van der Waals surface area contributed by atoms with Crippen LogP contribution in [-0.4, -0.2) is 50.3 Å². The summed E-state index contributed by atoms with van der Waals surface area (Å²) in [6.07, 6.45) is 8.00. The van der Waals surface area contributed by atoms with Gasteiger partial charge in [0.2, 0.25) is 0 Å². The molecule has 0 atom stereocenters. The maximum atomic E-state index is 11.9. The molecule has 0 aromatic carbocycles. The van der Waals surface area contributed by atoms with Gasteiger partial charge in [-0.25, -0.2) is 0 Å². The molecule has 7 heteroatoms. The molecule has 0 unspecified atom stereocenters. The fraction of sp³-hybridized carbons (Fsp3) is 0.714. The van der Waals surface area contributed by atoms with Gasteiger partial charge in [0.15, 0.2) is 5.96 Å². The second-order valence-electron chi connectivity index (χ2n) is 7.62. The first-order chi connectivity index (χ1) is 13.7. The molecule has 1 aliphatic carbocycles. The highest BCUT2D eigenvalue weighted by Crippen LogP contribution is 2.25. The van der Waals surface area contributed by atoms with Crippen LogP contribution in [0.5, 0.6) is 0 Å². The fourth-order valence-corrected chi connectivity index (χ4v) is 4.66. The summed E-state index contributed by atoms with van der Waals surface area (Å²) in [6.45, 7) is 5.71. The Morgan fingerprint density at radius 1 is 1.29 bits per heavy atom. The van der Waals surface area contributed by atoms with Crippen molar-refractivity contribution in [2.75, 3.05) is 31.1 Å². The number of carbonyl (C=O) groups excluding carboxylic acids is 1. The number of piperidine rings is 1. The number of aliphatic imine (C=N–C) groups is 1. The Morgan fingerprint density at radius 3 is 2.75 bits per heavy atom. The maximum absolute atomic E-state index is 11.9. The van der Waals surface area contributed by atoms with Gasteiger partial charge >= 0.3 is 5.97 Å². The highest BCUT2D eigenvalue weighted by atomic mass is 32.1. The van der Waals surface area contributed by atoms with Gasteiger partial charge in [-0.1, -0.05) is 0 Å². The van der Waals surface area contributed by atoms with Crippen LogP contribution in [0.2, 0.25) is 0 Å². The van der Waals surface area contributed by atoms with E-state index in [4.69, 9.17) is 4.74 Å². The summed E-state index contributed by atoms with van der Waals surface area (Å²) in [5, 5.41) is 10.4. The van der Waals surface area contributed by atoms with Gasteiger partial charge in [-0.2, -0.15) is 0 Å². The molecule has 2 N–H and O–H groups in total. The van der Waals surface area contributed by atoms with Gasteiger partial charge in [-0.3, -0.25) is 9.79 Å². The molecule has 0 radical (unpaired) electrons. The number of anilines is 1. The topological polar surface area (TPSA) is 66.0 Å². The van der Waals surface area contributed by atoms with Crippen LogP contribution in [0.25, 0.3) is 0 Å². The molecule has 0 bridgehead atoms. The number of carbonyl (C=O) groups is 1. The Morgan fingerprint density at radius 2 is 2.07 bits per heavy atom. The average molecular weight is 407 g/mol. The van der Waals surface area contributed by atoms with Crippen molar-refractivity contribution < 1.29 is 9.53 Å². The Balaban J connectivity index is 1.36. The van der Waals surface area contributed by atoms with Gasteiger partial charge in [-0.05, 0) is 69.4 Å². The summed E-state index contributed by atoms with van der Waals surface area (Å²) in [5.41, 5.74) is 0. The van der Waals surface area contributed by atoms with Crippen LogP contribution in [0, 0.1) is 0 Å². The maximum Gasteiger partial charge on any atom is 0.306 e. The van der Waals surface area contributed by atoms with Crippen molar-refractivity contribution in [2.45, 2.75) is 70.4 Å². The van der Waals surface area contributed by atoms with Crippen molar-refractivity contribution in [2.24, 2.45) is 4.99 Å². The summed E-state index contributed by atoms with van der Waals surface area (Å²) in [4.78, 5) is 19.0. The van der Waals surface area contributed by atoms with E-state index in [0.717, 1.165) is 57.7 Å². The number of thiophene rings is 1. The summed E-state index contributed by atoms with van der Waals surface area (Å²) >= 11 is 1.81. The Bertz CT molecular complexity index is 606. The van der Waals surface area contributed by atoms with Gasteiger partial charge in [0.05, 0.1) is 5.00 Å². The molecule has 2 heterocycles. The lowest BCUT2D eigenvalue weighted by molar-refractivity contribution is -0.148. The standard InChI is InChI=1S/C21H34N4O2S/c1-2-22-21(23-13-5-10-20(26)27-18-7-3-4-8-18)24-17-11-14-25(15-12-17)19-9-6-16-28-19/h6,9,16-18H,2-5,7-8,10-15H2,1H3,(H2,22,23,24). The van der Waals surface area contributed by atoms with E-state index in [1.807, 2.05) is 11.3 Å². The third kappa shape index (κ3) is 6.69. The van der Waals surface area contributed by atoms with Crippen LogP contribution in [-0.2, 0) is 9.53 Å². The van der Waals surface area contributed by atoms with Crippen molar-refractivity contribution in [3.05, 3.63) is 17.5 Å². The first-order valence-corrected chi connectivity index (χ1v) is 11.7. The molecular formula is C21H34N4O2S. The number of esters is 1. The van der Waals surface area contributed by atoms with Crippen LogP contribution < -0.4 is 15.5 Å². The molecule has 1 aromatic rings. The Labute approximate surface area is 172 Å². The predicted octanol–water partition coefficient (Wildman–Crippen LogP) is 3.54. The smallest absolute Gasteiger partial charge is 0.306 e. The molecule has 1 saturated carbocycles. The number of nitrogens with zero attached hydrogens (tertiary/aromatic N) is 2. The zero-order chi connectivity index (χ0) is 19.6. The highest BCUT2D eigenvalue weighted by molar-refractivity contribution is 7.14. The molecule has 3 rings (SSSR count). The molecule has 1 aromatic heterocycles. The van der Waals surface area contributed by atoms with Crippen molar-refractivity contribution in [3.8, 4) is 0 Å². The van der Waals surface area contributed by atoms with E-state index in [1.54, 1.807) is 0 Å². The number of ether oxygens (including phenoxy) is 1. The van der Waals surface area contributed by atoms with Crippen molar-refractivity contribution in [1.29, 1.82) is 0 Å². The molecule has 156 valence electrons. The van der Waals surface area contributed by atoms with Crippen LogP contribution in [0.4, 0.5) is 5.00 Å². The molecule has 28 heavy (non-hydrogen) atoms. The van der Waals surface area contributed by atoms with Crippen LogP contribution in [0.3, 0.4) is 0 Å². The van der Waals surface area contributed by atoms with Gasteiger partial charge in [0.1, 0.15) is 6.10 Å². The lowest BCUT2D eigenvalue weighted by atomic mass is 10.1. The summed E-state index contributed by atoms with van der Waals surface area (Å²) in [5.74, 6) is 0.794.